The lowest BCUT2D eigenvalue weighted by Gasteiger charge is -2.19. The van der Waals surface area contributed by atoms with E-state index < -0.39 is 0 Å². The SMILES string of the molecule is Clc1ccc(C(Cl)C2CC3CC3C2)cc1Cl. The lowest BCUT2D eigenvalue weighted by molar-refractivity contribution is 0.471. The van der Waals surface area contributed by atoms with Gasteiger partial charge in [-0.2, -0.15) is 0 Å². The van der Waals surface area contributed by atoms with Crippen LogP contribution in [0.25, 0.3) is 0 Å². The summed E-state index contributed by atoms with van der Waals surface area (Å²) < 4.78 is 0. The first-order chi connectivity index (χ1) is 7.65. The van der Waals surface area contributed by atoms with Crippen LogP contribution in [-0.4, -0.2) is 0 Å². The second-order valence-electron chi connectivity index (χ2n) is 5.06. The van der Waals surface area contributed by atoms with Gasteiger partial charge in [0.05, 0.1) is 15.4 Å². The Bertz CT molecular complexity index is 406. The van der Waals surface area contributed by atoms with Crippen LogP contribution in [0, 0.1) is 17.8 Å². The molecule has 2 saturated carbocycles. The summed E-state index contributed by atoms with van der Waals surface area (Å²) in [5, 5.41) is 1.30. The molecule has 0 spiro atoms. The number of alkyl halides is 1. The second-order valence-corrected chi connectivity index (χ2v) is 6.35. The molecule has 16 heavy (non-hydrogen) atoms. The molecule has 0 heterocycles. The fourth-order valence-corrected chi connectivity index (χ4v) is 3.60. The smallest absolute Gasteiger partial charge is 0.0614 e. The van der Waals surface area contributed by atoms with E-state index in [0.717, 1.165) is 17.4 Å². The number of hydrogen-bond donors (Lipinski definition) is 0. The quantitative estimate of drug-likeness (QED) is 0.641. The minimum absolute atomic E-state index is 0.0996. The van der Waals surface area contributed by atoms with Gasteiger partial charge in [-0.15, -0.1) is 11.6 Å². The van der Waals surface area contributed by atoms with Gasteiger partial charge < -0.3 is 0 Å². The van der Waals surface area contributed by atoms with Crippen LogP contribution in [0.3, 0.4) is 0 Å². The maximum atomic E-state index is 6.52. The number of halogens is 3. The Hall–Kier alpha value is 0.0900. The van der Waals surface area contributed by atoms with Gasteiger partial charge in [0.25, 0.3) is 0 Å². The van der Waals surface area contributed by atoms with Crippen LogP contribution in [0.5, 0.6) is 0 Å². The molecular weight excluding hydrogens is 263 g/mol. The topological polar surface area (TPSA) is 0 Å². The minimum atomic E-state index is 0.0996. The normalized spacial score (nSPS) is 33.6. The summed E-state index contributed by atoms with van der Waals surface area (Å²) in [4.78, 5) is 0. The van der Waals surface area contributed by atoms with Crippen LogP contribution in [0.4, 0.5) is 0 Å². The molecule has 3 atom stereocenters. The zero-order valence-electron chi connectivity index (χ0n) is 8.80. The summed E-state index contributed by atoms with van der Waals surface area (Å²) in [7, 11) is 0. The van der Waals surface area contributed by atoms with Gasteiger partial charge >= 0.3 is 0 Å². The van der Waals surface area contributed by atoms with Crippen molar-refractivity contribution in [2.24, 2.45) is 17.8 Å². The average molecular weight is 276 g/mol. The maximum absolute atomic E-state index is 6.52. The Morgan fingerprint density at radius 2 is 1.69 bits per heavy atom. The van der Waals surface area contributed by atoms with Crippen LogP contribution in [-0.2, 0) is 0 Å². The molecule has 3 unspecified atom stereocenters. The predicted molar refractivity (Wildman–Crippen MR) is 69.4 cm³/mol. The Labute approximate surface area is 111 Å². The summed E-state index contributed by atoms with van der Waals surface area (Å²) in [5.41, 5.74) is 1.11. The molecule has 1 aromatic rings. The molecule has 3 rings (SSSR count). The number of rotatable bonds is 2. The molecule has 0 aliphatic heterocycles. The standard InChI is InChI=1S/C13H13Cl3/c14-11-2-1-7(6-12(11)15)13(16)10-4-8-3-9(8)5-10/h1-2,6,8-10,13H,3-5H2. The predicted octanol–water partition coefficient (Wildman–Crippen LogP) is 5.32. The zero-order chi connectivity index (χ0) is 11.3. The van der Waals surface area contributed by atoms with Crippen molar-refractivity contribution < 1.29 is 0 Å². The number of hydrogen-bond acceptors (Lipinski definition) is 0. The van der Waals surface area contributed by atoms with Gasteiger partial charge in [0, 0.05) is 0 Å². The van der Waals surface area contributed by atoms with Gasteiger partial charge in [-0.1, -0.05) is 29.3 Å². The Morgan fingerprint density at radius 3 is 2.31 bits per heavy atom. The molecule has 86 valence electrons. The summed E-state index contributed by atoms with van der Waals surface area (Å²) in [5.74, 6) is 2.56. The average Bonchev–Trinajstić information content (AvgIpc) is 2.89. The minimum Gasteiger partial charge on any atom is -0.118 e. The molecule has 1 aromatic carbocycles. The highest BCUT2D eigenvalue weighted by atomic mass is 35.5. The molecule has 2 aliphatic rings. The second kappa shape index (κ2) is 4.08. The lowest BCUT2D eigenvalue weighted by Crippen LogP contribution is -2.05. The van der Waals surface area contributed by atoms with Gasteiger partial charge in [0.1, 0.15) is 0 Å². The number of fused-ring (bicyclic) bond motifs is 1. The monoisotopic (exact) mass is 274 g/mol. The third kappa shape index (κ3) is 1.96. The van der Waals surface area contributed by atoms with E-state index in [2.05, 4.69) is 0 Å². The van der Waals surface area contributed by atoms with Crippen LogP contribution in [0.2, 0.25) is 10.0 Å². The van der Waals surface area contributed by atoms with Gasteiger partial charge in [0.15, 0.2) is 0 Å². The summed E-state index contributed by atoms with van der Waals surface area (Å²) >= 11 is 18.4. The first-order valence-corrected chi connectivity index (χ1v) is 6.93. The molecule has 0 saturated heterocycles. The van der Waals surface area contributed by atoms with E-state index in [-0.39, 0.29) is 5.38 Å². The molecule has 3 heteroatoms. The molecule has 0 amide bonds. The molecule has 0 N–H and O–H groups in total. The van der Waals surface area contributed by atoms with Gasteiger partial charge in [-0.3, -0.25) is 0 Å². The van der Waals surface area contributed by atoms with Crippen LogP contribution >= 0.6 is 34.8 Å². The maximum Gasteiger partial charge on any atom is 0.0614 e. The van der Waals surface area contributed by atoms with E-state index in [1.54, 1.807) is 0 Å². The summed E-state index contributed by atoms with van der Waals surface area (Å²) in [6.45, 7) is 0. The van der Waals surface area contributed by atoms with Crippen molar-refractivity contribution in [3.8, 4) is 0 Å². The van der Waals surface area contributed by atoms with Crippen LogP contribution in [0.15, 0.2) is 18.2 Å². The van der Waals surface area contributed by atoms with E-state index >= 15 is 0 Å². The van der Waals surface area contributed by atoms with Gasteiger partial charge in [-0.25, -0.2) is 0 Å². The van der Waals surface area contributed by atoms with Crippen molar-refractivity contribution in [1.82, 2.24) is 0 Å². The molecule has 0 bridgehead atoms. The molecule has 2 fully saturated rings. The van der Waals surface area contributed by atoms with Crippen LogP contribution < -0.4 is 0 Å². The third-order valence-corrected chi connectivity index (χ3v) is 5.30. The van der Waals surface area contributed by atoms with E-state index in [9.17, 15) is 0 Å². The molecular formula is C13H13Cl3. The zero-order valence-corrected chi connectivity index (χ0v) is 11.1. The van der Waals surface area contributed by atoms with Crippen LogP contribution in [0.1, 0.15) is 30.2 Å². The molecule has 2 aliphatic carbocycles. The Kier molecular flexibility index (Phi) is 2.86. The number of benzene rings is 1. The first-order valence-electron chi connectivity index (χ1n) is 5.74. The summed E-state index contributed by atoms with van der Waals surface area (Å²) in [6, 6.07) is 5.74. The highest BCUT2D eigenvalue weighted by Gasteiger charge is 2.47. The largest absolute Gasteiger partial charge is 0.118 e. The van der Waals surface area contributed by atoms with E-state index in [1.807, 2.05) is 18.2 Å². The van der Waals surface area contributed by atoms with Gasteiger partial charge in [-0.05, 0) is 54.7 Å². The molecule has 0 radical (unpaired) electrons. The Morgan fingerprint density at radius 1 is 1.00 bits per heavy atom. The van der Waals surface area contributed by atoms with Crippen molar-refractivity contribution in [3.05, 3.63) is 33.8 Å². The molecule has 0 aromatic heterocycles. The third-order valence-electron chi connectivity index (χ3n) is 3.96. The lowest BCUT2D eigenvalue weighted by atomic mass is 9.94. The fraction of sp³-hybridized carbons (Fsp3) is 0.538. The van der Waals surface area contributed by atoms with E-state index in [4.69, 9.17) is 34.8 Å². The fourth-order valence-electron chi connectivity index (χ4n) is 2.96. The first kappa shape index (κ1) is 11.2. The van der Waals surface area contributed by atoms with E-state index in [0.29, 0.717) is 16.0 Å². The Balaban J connectivity index is 1.77. The van der Waals surface area contributed by atoms with Crippen molar-refractivity contribution in [2.45, 2.75) is 24.6 Å². The van der Waals surface area contributed by atoms with E-state index in [1.165, 1.54) is 19.3 Å². The van der Waals surface area contributed by atoms with Crippen molar-refractivity contribution in [3.63, 3.8) is 0 Å². The highest BCUT2D eigenvalue weighted by molar-refractivity contribution is 6.42. The summed E-state index contributed by atoms with van der Waals surface area (Å²) in [6.07, 6.45) is 4.01. The van der Waals surface area contributed by atoms with Gasteiger partial charge in [0.2, 0.25) is 0 Å². The van der Waals surface area contributed by atoms with Crippen molar-refractivity contribution >= 4 is 34.8 Å². The highest BCUT2D eigenvalue weighted by Crippen LogP contribution is 2.58. The molecule has 0 nitrogen and oxygen atoms in total. The van der Waals surface area contributed by atoms with Crippen molar-refractivity contribution in [1.29, 1.82) is 0 Å². The van der Waals surface area contributed by atoms with Crippen molar-refractivity contribution in [2.75, 3.05) is 0 Å².